The first-order valence-corrected chi connectivity index (χ1v) is 5.38. The molecule has 5 nitrogen and oxygen atoms in total. The first kappa shape index (κ1) is 13.9. The van der Waals surface area contributed by atoms with E-state index >= 15 is 0 Å². The molecule has 18 heavy (non-hydrogen) atoms. The highest BCUT2D eigenvalue weighted by molar-refractivity contribution is 6.33. The van der Waals surface area contributed by atoms with Crippen molar-refractivity contribution in [2.75, 3.05) is 5.32 Å². The van der Waals surface area contributed by atoms with E-state index in [-0.39, 0.29) is 16.3 Å². The molecule has 0 saturated heterocycles. The highest BCUT2D eigenvalue weighted by Gasteiger charge is 2.10. The van der Waals surface area contributed by atoms with Crippen LogP contribution in [0.4, 0.5) is 10.5 Å². The minimum absolute atomic E-state index is 0.0275. The Labute approximate surface area is 109 Å². The summed E-state index contributed by atoms with van der Waals surface area (Å²) in [5.74, 6) is 1.22. The lowest BCUT2D eigenvalue weighted by atomic mass is 10.2. The number of amides is 2. The molecule has 0 aromatic heterocycles. The van der Waals surface area contributed by atoms with Gasteiger partial charge in [0.2, 0.25) is 0 Å². The molecular formula is C12H11ClN2O3. The summed E-state index contributed by atoms with van der Waals surface area (Å²) in [6, 6.07) is 3.02. The summed E-state index contributed by atoms with van der Waals surface area (Å²) in [4.78, 5) is 22.3. The molecule has 0 spiro atoms. The van der Waals surface area contributed by atoms with Gasteiger partial charge in [0, 0.05) is 0 Å². The number of carbonyl (C=O) groups is 2. The number of aromatic carboxylic acids is 1. The predicted molar refractivity (Wildman–Crippen MR) is 68.9 cm³/mol. The molecule has 0 heterocycles. The number of halogens is 1. The number of urea groups is 1. The van der Waals surface area contributed by atoms with Gasteiger partial charge in [-0.2, -0.15) is 0 Å². The summed E-state index contributed by atoms with van der Waals surface area (Å²) >= 11 is 5.84. The van der Waals surface area contributed by atoms with Crippen LogP contribution in [0.15, 0.2) is 18.2 Å². The van der Waals surface area contributed by atoms with E-state index in [1.54, 1.807) is 6.92 Å². The maximum atomic E-state index is 11.5. The van der Waals surface area contributed by atoms with Crippen LogP contribution in [0.5, 0.6) is 0 Å². The molecule has 0 fully saturated rings. The first-order valence-electron chi connectivity index (χ1n) is 5.00. The molecule has 0 aliphatic carbocycles. The third-order valence-corrected chi connectivity index (χ3v) is 2.39. The SMILES string of the molecule is C#CC(C)NC(=O)Nc1cc(C(=O)O)ccc1Cl. The Morgan fingerprint density at radius 1 is 1.50 bits per heavy atom. The summed E-state index contributed by atoms with van der Waals surface area (Å²) < 4.78 is 0. The number of rotatable bonds is 3. The zero-order valence-electron chi connectivity index (χ0n) is 9.53. The minimum Gasteiger partial charge on any atom is -0.478 e. The molecule has 2 amide bonds. The standard InChI is InChI=1S/C12H11ClN2O3/c1-3-7(2)14-12(18)15-10-6-8(11(16)17)4-5-9(10)13/h1,4-7H,2H3,(H,16,17)(H2,14,15,18). The molecule has 0 bridgehead atoms. The van der Waals surface area contributed by atoms with Gasteiger partial charge in [0.05, 0.1) is 22.3 Å². The van der Waals surface area contributed by atoms with Gasteiger partial charge >= 0.3 is 12.0 Å². The Bertz CT molecular complexity index is 523. The van der Waals surface area contributed by atoms with Crippen molar-refractivity contribution in [3.8, 4) is 12.3 Å². The fourth-order valence-electron chi connectivity index (χ4n) is 1.15. The third kappa shape index (κ3) is 3.68. The van der Waals surface area contributed by atoms with E-state index in [1.165, 1.54) is 18.2 Å². The van der Waals surface area contributed by atoms with Crippen LogP contribution in [-0.2, 0) is 0 Å². The lowest BCUT2D eigenvalue weighted by molar-refractivity contribution is 0.0697. The lowest BCUT2D eigenvalue weighted by Gasteiger charge is -2.11. The highest BCUT2D eigenvalue weighted by atomic mass is 35.5. The molecular weight excluding hydrogens is 256 g/mol. The third-order valence-electron chi connectivity index (χ3n) is 2.06. The largest absolute Gasteiger partial charge is 0.478 e. The second-order valence-electron chi connectivity index (χ2n) is 3.49. The van der Waals surface area contributed by atoms with Crippen molar-refractivity contribution in [1.29, 1.82) is 0 Å². The monoisotopic (exact) mass is 266 g/mol. The molecule has 0 aliphatic heterocycles. The first-order chi connectivity index (χ1) is 8.43. The fraction of sp³-hybridized carbons (Fsp3) is 0.167. The highest BCUT2D eigenvalue weighted by Crippen LogP contribution is 2.22. The van der Waals surface area contributed by atoms with Crippen molar-refractivity contribution in [2.45, 2.75) is 13.0 Å². The topological polar surface area (TPSA) is 78.4 Å². The van der Waals surface area contributed by atoms with Crippen LogP contribution in [0, 0.1) is 12.3 Å². The van der Waals surface area contributed by atoms with Crippen molar-refractivity contribution < 1.29 is 14.7 Å². The van der Waals surface area contributed by atoms with Crippen LogP contribution in [0.3, 0.4) is 0 Å². The minimum atomic E-state index is -1.10. The molecule has 0 aliphatic rings. The molecule has 1 unspecified atom stereocenters. The second-order valence-corrected chi connectivity index (χ2v) is 3.89. The average Bonchev–Trinajstić information content (AvgIpc) is 2.31. The number of hydrogen-bond donors (Lipinski definition) is 3. The van der Waals surface area contributed by atoms with Crippen molar-refractivity contribution in [3.05, 3.63) is 28.8 Å². The van der Waals surface area contributed by atoms with Gasteiger partial charge in [-0.15, -0.1) is 6.42 Å². The van der Waals surface area contributed by atoms with Gasteiger partial charge in [0.1, 0.15) is 0 Å². The van der Waals surface area contributed by atoms with Gasteiger partial charge in [-0.25, -0.2) is 9.59 Å². The molecule has 1 rings (SSSR count). The van der Waals surface area contributed by atoms with Gasteiger partial charge < -0.3 is 15.7 Å². The van der Waals surface area contributed by atoms with E-state index in [9.17, 15) is 9.59 Å². The van der Waals surface area contributed by atoms with Gasteiger partial charge in [0.25, 0.3) is 0 Å². The second kappa shape index (κ2) is 5.94. The van der Waals surface area contributed by atoms with Crippen molar-refractivity contribution >= 4 is 29.3 Å². The number of anilines is 1. The normalized spacial score (nSPS) is 11.2. The van der Waals surface area contributed by atoms with E-state index in [2.05, 4.69) is 16.6 Å². The van der Waals surface area contributed by atoms with Crippen LogP contribution in [0.1, 0.15) is 17.3 Å². The average molecular weight is 267 g/mol. The molecule has 6 heteroatoms. The van der Waals surface area contributed by atoms with Gasteiger partial charge in [-0.3, -0.25) is 0 Å². The van der Waals surface area contributed by atoms with E-state index in [0.717, 1.165) is 0 Å². The summed E-state index contributed by atoms with van der Waals surface area (Å²) in [5.41, 5.74) is 0.234. The number of hydrogen-bond acceptors (Lipinski definition) is 2. The molecule has 3 N–H and O–H groups in total. The maximum absolute atomic E-state index is 11.5. The van der Waals surface area contributed by atoms with Crippen molar-refractivity contribution in [3.63, 3.8) is 0 Å². The number of nitrogens with one attached hydrogen (secondary N) is 2. The van der Waals surface area contributed by atoms with Gasteiger partial charge in [0.15, 0.2) is 0 Å². The molecule has 94 valence electrons. The number of carbonyl (C=O) groups excluding carboxylic acids is 1. The van der Waals surface area contributed by atoms with Crippen LogP contribution >= 0.6 is 11.6 Å². The quantitative estimate of drug-likeness (QED) is 0.734. The van der Waals surface area contributed by atoms with Gasteiger partial charge in [-0.1, -0.05) is 17.5 Å². The van der Waals surface area contributed by atoms with Crippen molar-refractivity contribution in [2.24, 2.45) is 0 Å². The smallest absolute Gasteiger partial charge is 0.335 e. The zero-order valence-corrected chi connectivity index (χ0v) is 10.3. The molecule has 1 atom stereocenters. The fourth-order valence-corrected chi connectivity index (χ4v) is 1.32. The Hall–Kier alpha value is -2.19. The van der Waals surface area contributed by atoms with E-state index in [1.807, 2.05) is 0 Å². The number of carboxylic acid groups (broad SMARTS) is 1. The predicted octanol–water partition coefficient (Wildman–Crippen LogP) is 2.18. The molecule has 0 saturated carbocycles. The van der Waals surface area contributed by atoms with E-state index in [4.69, 9.17) is 23.1 Å². The Balaban J connectivity index is 2.84. The molecule has 1 aromatic rings. The van der Waals surface area contributed by atoms with Crippen LogP contribution in [-0.4, -0.2) is 23.1 Å². The Morgan fingerprint density at radius 2 is 2.17 bits per heavy atom. The zero-order chi connectivity index (χ0) is 13.7. The summed E-state index contributed by atoms with van der Waals surface area (Å²) in [7, 11) is 0. The number of terminal acetylenes is 1. The number of carboxylic acids is 1. The Kier molecular flexibility index (Phi) is 4.58. The lowest BCUT2D eigenvalue weighted by Crippen LogP contribution is -2.35. The number of benzene rings is 1. The summed E-state index contributed by atoms with van der Waals surface area (Å²) in [6.45, 7) is 1.63. The summed E-state index contributed by atoms with van der Waals surface area (Å²) in [6.07, 6.45) is 5.11. The van der Waals surface area contributed by atoms with Crippen molar-refractivity contribution in [1.82, 2.24) is 5.32 Å². The maximum Gasteiger partial charge on any atom is 0.335 e. The molecule has 0 radical (unpaired) electrons. The Morgan fingerprint density at radius 3 is 2.72 bits per heavy atom. The van der Waals surface area contributed by atoms with Crippen LogP contribution < -0.4 is 10.6 Å². The van der Waals surface area contributed by atoms with Crippen LogP contribution in [0.2, 0.25) is 5.02 Å². The van der Waals surface area contributed by atoms with Crippen LogP contribution in [0.25, 0.3) is 0 Å². The van der Waals surface area contributed by atoms with E-state index < -0.39 is 18.0 Å². The van der Waals surface area contributed by atoms with Gasteiger partial charge in [-0.05, 0) is 25.1 Å². The molecule has 1 aromatic carbocycles. The summed E-state index contributed by atoms with van der Waals surface area (Å²) in [5, 5.41) is 14.0. The van der Waals surface area contributed by atoms with E-state index in [0.29, 0.717) is 0 Å².